The fourth-order valence-corrected chi connectivity index (χ4v) is 3.23. The van der Waals surface area contributed by atoms with E-state index in [-0.39, 0.29) is 20.9 Å². The van der Waals surface area contributed by atoms with Crippen molar-refractivity contribution < 1.29 is 43.7 Å². The molecule has 2 atom stereocenters. The molecule has 0 heterocycles. The molecule has 13 heteroatoms. The summed E-state index contributed by atoms with van der Waals surface area (Å²) in [5.74, 6) is -5.48. The first-order valence-corrected chi connectivity index (χ1v) is 9.92. The van der Waals surface area contributed by atoms with Crippen molar-refractivity contribution in [2.75, 3.05) is 13.2 Å². The highest BCUT2D eigenvalue weighted by Crippen LogP contribution is 2.23. The van der Waals surface area contributed by atoms with Crippen LogP contribution in [0, 0.1) is 0 Å². The topological polar surface area (TPSA) is 211 Å². The fraction of sp³-hybridized carbons (Fsp3) is 0.182. The van der Waals surface area contributed by atoms with Gasteiger partial charge in [0, 0.05) is 0 Å². The molecule has 2 aromatic carbocycles. The van der Waals surface area contributed by atoms with Gasteiger partial charge in [-0.05, 0) is 11.1 Å². The van der Waals surface area contributed by atoms with Gasteiger partial charge < -0.3 is 26.4 Å². The van der Waals surface area contributed by atoms with Gasteiger partial charge in [0.05, 0.1) is 0 Å². The number of carboxylic acid groups (broad SMARTS) is 2. The largest absolute Gasteiger partial charge is 0.479 e. The molecule has 13 nitrogen and oxygen atoms in total. The first-order valence-electron chi connectivity index (χ1n) is 9.92. The standard InChI is InChI=1S/C22H22N4O9/c23-21(33)25(17(19(29)30)13-7-3-1-4-8-13)15(27)11-35-12-16(28)26(22(24)34)18(20(31)32)14-9-5-2-6-10-14/h1-10,17-18H,11-12H2,(H2,23,33)(H2,24,34)(H,29,30)(H,31,32). The zero-order chi connectivity index (χ0) is 26.1. The summed E-state index contributed by atoms with van der Waals surface area (Å²) in [6.45, 7) is -1.97. The molecule has 0 aliphatic heterocycles. The first-order chi connectivity index (χ1) is 16.6. The van der Waals surface area contributed by atoms with E-state index in [2.05, 4.69) is 0 Å². The van der Waals surface area contributed by atoms with Gasteiger partial charge in [0.15, 0.2) is 12.1 Å². The van der Waals surface area contributed by atoms with Crippen molar-refractivity contribution in [3.05, 3.63) is 71.8 Å². The quantitative estimate of drug-likeness (QED) is 0.367. The molecule has 0 fully saturated rings. The Morgan fingerprint density at radius 3 is 1.23 bits per heavy atom. The van der Waals surface area contributed by atoms with Crippen LogP contribution < -0.4 is 11.5 Å². The Morgan fingerprint density at radius 2 is 0.971 bits per heavy atom. The van der Waals surface area contributed by atoms with Gasteiger partial charge in [0.25, 0.3) is 11.8 Å². The number of hydrogen-bond acceptors (Lipinski definition) is 7. The van der Waals surface area contributed by atoms with Crippen LogP contribution in [0.3, 0.4) is 0 Å². The number of carboxylic acids is 2. The molecule has 0 bridgehead atoms. The van der Waals surface area contributed by atoms with Gasteiger partial charge >= 0.3 is 24.0 Å². The third-order valence-electron chi connectivity index (χ3n) is 4.68. The highest BCUT2D eigenvalue weighted by Gasteiger charge is 2.37. The third kappa shape index (κ3) is 6.61. The monoisotopic (exact) mass is 486 g/mol. The highest BCUT2D eigenvalue weighted by atomic mass is 16.5. The molecule has 0 aromatic heterocycles. The van der Waals surface area contributed by atoms with E-state index in [0.29, 0.717) is 0 Å². The lowest BCUT2D eigenvalue weighted by molar-refractivity contribution is -0.152. The van der Waals surface area contributed by atoms with Crippen LogP contribution in [0.25, 0.3) is 0 Å². The van der Waals surface area contributed by atoms with Crippen molar-refractivity contribution in [3.8, 4) is 0 Å². The Balaban J connectivity index is 2.17. The second kappa shape index (κ2) is 11.9. The molecule has 2 rings (SSSR count). The minimum absolute atomic E-state index is 0.0790. The third-order valence-corrected chi connectivity index (χ3v) is 4.68. The zero-order valence-electron chi connectivity index (χ0n) is 18.1. The summed E-state index contributed by atoms with van der Waals surface area (Å²) in [7, 11) is 0. The summed E-state index contributed by atoms with van der Waals surface area (Å²) >= 11 is 0. The van der Waals surface area contributed by atoms with Gasteiger partial charge in [-0.3, -0.25) is 9.59 Å². The number of nitrogens with zero attached hydrogens (tertiary/aromatic N) is 2. The molecule has 0 radical (unpaired) electrons. The zero-order valence-corrected chi connectivity index (χ0v) is 18.1. The maximum absolute atomic E-state index is 12.6. The van der Waals surface area contributed by atoms with Crippen molar-refractivity contribution in [2.45, 2.75) is 12.1 Å². The van der Waals surface area contributed by atoms with Crippen molar-refractivity contribution in [3.63, 3.8) is 0 Å². The predicted octanol–water partition coefficient (Wildman–Crippen LogP) is 0.469. The molecule has 6 N–H and O–H groups in total. The number of hydrogen-bond donors (Lipinski definition) is 4. The fourth-order valence-electron chi connectivity index (χ4n) is 3.23. The van der Waals surface area contributed by atoms with Gasteiger partial charge in [0.2, 0.25) is 0 Å². The minimum atomic E-state index is -1.77. The molecule has 2 aromatic rings. The smallest absolute Gasteiger partial charge is 0.331 e. The average molecular weight is 486 g/mol. The second-order valence-corrected chi connectivity index (χ2v) is 7.00. The number of benzene rings is 2. The van der Waals surface area contributed by atoms with Crippen molar-refractivity contribution in [1.29, 1.82) is 0 Å². The Labute approximate surface area is 198 Å². The molecule has 35 heavy (non-hydrogen) atoms. The number of nitrogens with two attached hydrogens (primary N) is 2. The number of aliphatic carboxylic acids is 2. The van der Waals surface area contributed by atoms with Crippen LogP contribution in [0.2, 0.25) is 0 Å². The second-order valence-electron chi connectivity index (χ2n) is 7.00. The molecule has 0 aliphatic carbocycles. The van der Waals surface area contributed by atoms with Gasteiger partial charge in [-0.1, -0.05) is 60.7 Å². The molecular weight excluding hydrogens is 464 g/mol. The van der Waals surface area contributed by atoms with Crippen LogP contribution in [0.1, 0.15) is 23.2 Å². The maximum atomic E-state index is 12.6. The summed E-state index contributed by atoms with van der Waals surface area (Å²) in [5.41, 5.74) is 10.6. The Hall–Kier alpha value is -4.78. The minimum Gasteiger partial charge on any atom is -0.479 e. The van der Waals surface area contributed by atoms with Crippen LogP contribution in [0.5, 0.6) is 0 Å². The summed E-state index contributed by atoms with van der Waals surface area (Å²) in [5, 5.41) is 19.1. The van der Waals surface area contributed by atoms with E-state index in [1.54, 1.807) is 12.1 Å². The molecule has 0 aliphatic rings. The van der Waals surface area contributed by atoms with E-state index < -0.39 is 61.1 Å². The van der Waals surface area contributed by atoms with Crippen LogP contribution in [-0.4, -0.2) is 69.0 Å². The van der Waals surface area contributed by atoms with E-state index in [1.807, 2.05) is 0 Å². The van der Waals surface area contributed by atoms with Gasteiger partial charge in [-0.2, -0.15) is 0 Å². The highest BCUT2D eigenvalue weighted by molar-refractivity contribution is 6.00. The molecule has 2 unspecified atom stereocenters. The number of urea groups is 2. The van der Waals surface area contributed by atoms with Crippen molar-refractivity contribution in [2.24, 2.45) is 11.5 Å². The number of amides is 6. The van der Waals surface area contributed by atoms with Gasteiger partial charge in [-0.25, -0.2) is 29.0 Å². The number of imide groups is 2. The number of carbonyl (C=O) groups excluding carboxylic acids is 4. The lowest BCUT2D eigenvalue weighted by atomic mass is 10.1. The van der Waals surface area contributed by atoms with Crippen LogP contribution in [0.15, 0.2) is 60.7 Å². The summed E-state index contributed by atoms with van der Waals surface area (Å²) < 4.78 is 4.97. The predicted molar refractivity (Wildman–Crippen MR) is 117 cm³/mol. The van der Waals surface area contributed by atoms with Crippen molar-refractivity contribution >= 4 is 35.8 Å². The van der Waals surface area contributed by atoms with E-state index in [0.717, 1.165) is 0 Å². The number of primary amides is 2. The molecule has 0 spiro atoms. The molecule has 6 amide bonds. The van der Waals surface area contributed by atoms with Gasteiger partial charge in [-0.15, -0.1) is 0 Å². The number of rotatable bonds is 10. The normalized spacial score (nSPS) is 12.1. The molecular formula is C22H22N4O9. The lowest BCUT2D eigenvalue weighted by Gasteiger charge is -2.27. The maximum Gasteiger partial charge on any atom is 0.331 e. The van der Waals surface area contributed by atoms with Crippen molar-refractivity contribution in [1.82, 2.24) is 9.80 Å². The first kappa shape index (κ1) is 26.5. The lowest BCUT2D eigenvalue weighted by Crippen LogP contribution is -2.49. The van der Waals surface area contributed by atoms with Crippen LogP contribution in [-0.2, 0) is 23.9 Å². The average Bonchev–Trinajstić information content (AvgIpc) is 2.80. The Bertz CT molecular complexity index is 1020. The summed E-state index contributed by atoms with van der Waals surface area (Å²) in [6.07, 6.45) is 0. The number of ether oxygens (including phenoxy) is 1. The van der Waals surface area contributed by atoms with E-state index in [4.69, 9.17) is 16.2 Å². The SMILES string of the molecule is NC(=O)N(C(=O)COCC(=O)N(C(N)=O)C(C(=O)O)c1ccccc1)C(C(=O)O)c1ccccc1. The summed E-state index contributed by atoms with van der Waals surface area (Å²) in [6, 6.07) is 8.35. The Morgan fingerprint density at radius 1 is 0.657 bits per heavy atom. The van der Waals surface area contributed by atoms with E-state index in [1.165, 1.54) is 48.5 Å². The van der Waals surface area contributed by atoms with Gasteiger partial charge in [0.1, 0.15) is 13.2 Å². The summed E-state index contributed by atoms with van der Waals surface area (Å²) in [4.78, 5) is 72.9. The van der Waals surface area contributed by atoms with E-state index >= 15 is 0 Å². The molecule has 0 saturated heterocycles. The van der Waals surface area contributed by atoms with Crippen LogP contribution >= 0.6 is 0 Å². The van der Waals surface area contributed by atoms with E-state index in [9.17, 15) is 39.0 Å². The number of carbonyl (C=O) groups is 6. The molecule has 0 saturated carbocycles. The molecule has 184 valence electrons. The Kier molecular flexibility index (Phi) is 9.00. The van der Waals surface area contributed by atoms with Crippen LogP contribution in [0.4, 0.5) is 9.59 Å².